The van der Waals surface area contributed by atoms with Gasteiger partial charge in [0.1, 0.15) is 5.69 Å². The summed E-state index contributed by atoms with van der Waals surface area (Å²) in [5.74, 6) is 0.124. The van der Waals surface area contributed by atoms with Gasteiger partial charge < -0.3 is 9.47 Å². The Labute approximate surface area is 123 Å². The average molecular weight is 325 g/mol. The van der Waals surface area contributed by atoms with Crippen molar-refractivity contribution >= 4 is 21.8 Å². The van der Waals surface area contributed by atoms with Gasteiger partial charge in [0.25, 0.3) is 5.91 Å². The van der Waals surface area contributed by atoms with Gasteiger partial charge in [-0.3, -0.25) is 4.79 Å². The van der Waals surface area contributed by atoms with Crippen molar-refractivity contribution < 1.29 is 4.79 Å². The smallest absolute Gasteiger partial charge is 0.271 e. The number of aromatic nitrogens is 1. The van der Waals surface area contributed by atoms with E-state index in [2.05, 4.69) is 29.4 Å². The molecule has 0 aromatic carbocycles. The molecule has 1 aliphatic carbocycles. The first-order chi connectivity index (χ1) is 9.17. The second kappa shape index (κ2) is 6.42. The van der Waals surface area contributed by atoms with Crippen LogP contribution in [-0.4, -0.2) is 28.0 Å². The van der Waals surface area contributed by atoms with E-state index < -0.39 is 0 Å². The summed E-state index contributed by atoms with van der Waals surface area (Å²) >= 11 is 3.45. The van der Waals surface area contributed by atoms with E-state index in [1.807, 2.05) is 27.8 Å². The molecule has 0 unspecified atom stereocenters. The Morgan fingerprint density at radius 2 is 2.26 bits per heavy atom. The van der Waals surface area contributed by atoms with Gasteiger partial charge in [0.05, 0.1) is 0 Å². The maximum atomic E-state index is 12.8. The molecule has 0 saturated heterocycles. The van der Waals surface area contributed by atoms with Crippen molar-refractivity contribution in [3.63, 3.8) is 0 Å². The fourth-order valence-corrected chi connectivity index (χ4v) is 3.28. The molecular formula is C15H21BrN2O. The van der Waals surface area contributed by atoms with Crippen LogP contribution in [0.4, 0.5) is 0 Å². The normalized spacial score (nSPS) is 15.7. The molecule has 0 aliphatic heterocycles. The van der Waals surface area contributed by atoms with Crippen LogP contribution in [0.3, 0.4) is 0 Å². The fourth-order valence-electron chi connectivity index (χ4n) is 2.82. The number of hydrogen-bond acceptors (Lipinski definition) is 1. The Hall–Kier alpha value is -1.03. The van der Waals surface area contributed by atoms with Gasteiger partial charge in [-0.25, -0.2) is 0 Å². The highest BCUT2D eigenvalue weighted by Crippen LogP contribution is 2.26. The van der Waals surface area contributed by atoms with Crippen LogP contribution in [0, 0.1) is 0 Å². The Morgan fingerprint density at radius 3 is 2.84 bits per heavy atom. The Bertz CT molecular complexity index is 461. The number of halogens is 1. The van der Waals surface area contributed by atoms with Gasteiger partial charge in [-0.1, -0.05) is 18.9 Å². The molecule has 1 aliphatic rings. The van der Waals surface area contributed by atoms with Crippen molar-refractivity contribution in [3.05, 3.63) is 35.1 Å². The van der Waals surface area contributed by atoms with Crippen LogP contribution in [0.2, 0.25) is 0 Å². The lowest BCUT2D eigenvalue weighted by atomic mass is 10.2. The number of nitrogens with zero attached hydrogens (tertiary/aromatic N) is 2. The SMILES string of the molecule is C=CCN(C(=O)c1cc(Br)cn1CC)C1CCCC1. The molecule has 19 heavy (non-hydrogen) atoms. The highest BCUT2D eigenvalue weighted by Gasteiger charge is 2.28. The summed E-state index contributed by atoms with van der Waals surface area (Å²) in [7, 11) is 0. The molecule has 0 atom stereocenters. The van der Waals surface area contributed by atoms with Crippen LogP contribution >= 0.6 is 15.9 Å². The zero-order chi connectivity index (χ0) is 13.8. The number of hydrogen-bond donors (Lipinski definition) is 0. The molecule has 0 N–H and O–H groups in total. The number of amides is 1. The van der Waals surface area contributed by atoms with Crippen molar-refractivity contribution in [2.24, 2.45) is 0 Å². The predicted molar refractivity (Wildman–Crippen MR) is 81.3 cm³/mol. The lowest BCUT2D eigenvalue weighted by molar-refractivity contribution is 0.0695. The van der Waals surface area contributed by atoms with Crippen molar-refractivity contribution in [2.75, 3.05) is 6.54 Å². The molecule has 1 heterocycles. The van der Waals surface area contributed by atoms with E-state index in [0.717, 1.165) is 29.6 Å². The summed E-state index contributed by atoms with van der Waals surface area (Å²) in [4.78, 5) is 14.7. The van der Waals surface area contributed by atoms with Gasteiger partial charge in [0.15, 0.2) is 0 Å². The Kier molecular flexibility index (Phi) is 4.86. The molecule has 0 spiro atoms. The molecule has 0 bridgehead atoms. The van der Waals surface area contributed by atoms with Gasteiger partial charge in [0, 0.05) is 29.8 Å². The van der Waals surface area contributed by atoms with Gasteiger partial charge in [-0.15, -0.1) is 6.58 Å². The highest BCUT2D eigenvalue weighted by molar-refractivity contribution is 9.10. The van der Waals surface area contributed by atoms with Gasteiger partial charge in [-0.2, -0.15) is 0 Å². The van der Waals surface area contributed by atoms with Gasteiger partial charge in [0.2, 0.25) is 0 Å². The molecule has 2 rings (SSSR count). The number of carbonyl (C=O) groups is 1. The summed E-state index contributed by atoms with van der Waals surface area (Å²) in [6.45, 7) is 7.28. The highest BCUT2D eigenvalue weighted by atomic mass is 79.9. The van der Waals surface area contributed by atoms with E-state index in [9.17, 15) is 4.79 Å². The van der Waals surface area contributed by atoms with Crippen molar-refractivity contribution in [1.29, 1.82) is 0 Å². The third-order valence-electron chi connectivity index (χ3n) is 3.78. The monoisotopic (exact) mass is 324 g/mol. The topological polar surface area (TPSA) is 25.2 Å². The third kappa shape index (κ3) is 3.11. The summed E-state index contributed by atoms with van der Waals surface area (Å²) in [6, 6.07) is 2.29. The zero-order valence-corrected chi connectivity index (χ0v) is 13.0. The summed E-state index contributed by atoms with van der Waals surface area (Å²) < 4.78 is 2.96. The van der Waals surface area contributed by atoms with E-state index in [0.29, 0.717) is 12.6 Å². The van der Waals surface area contributed by atoms with Crippen LogP contribution < -0.4 is 0 Å². The minimum atomic E-state index is 0.124. The lowest BCUT2D eigenvalue weighted by Crippen LogP contribution is -2.39. The lowest BCUT2D eigenvalue weighted by Gasteiger charge is -2.28. The first-order valence-corrected chi connectivity index (χ1v) is 7.74. The number of aryl methyl sites for hydroxylation is 1. The number of carbonyl (C=O) groups excluding carboxylic acids is 1. The van der Waals surface area contributed by atoms with Crippen molar-refractivity contribution in [3.8, 4) is 0 Å². The molecule has 1 aromatic heterocycles. The quantitative estimate of drug-likeness (QED) is 0.755. The second-order valence-electron chi connectivity index (χ2n) is 5.01. The molecule has 1 amide bonds. The largest absolute Gasteiger partial charge is 0.343 e. The second-order valence-corrected chi connectivity index (χ2v) is 5.93. The van der Waals surface area contributed by atoms with E-state index in [4.69, 9.17) is 0 Å². The van der Waals surface area contributed by atoms with Crippen LogP contribution in [0.1, 0.15) is 43.1 Å². The molecule has 1 fully saturated rings. The van der Waals surface area contributed by atoms with Crippen LogP contribution in [-0.2, 0) is 6.54 Å². The predicted octanol–water partition coefficient (Wildman–Crippen LogP) is 3.84. The first-order valence-electron chi connectivity index (χ1n) is 6.95. The fraction of sp³-hybridized carbons (Fsp3) is 0.533. The summed E-state index contributed by atoms with van der Waals surface area (Å²) in [5.41, 5.74) is 0.767. The maximum Gasteiger partial charge on any atom is 0.271 e. The van der Waals surface area contributed by atoms with Crippen molar-refractivity contribution in [2.45, 2.75) is 45.2 Å². The van der Waals surface area contributed by atoms with Crippen LogP contribution in [0.5, 0.6) is 0 Å². The Balaban J connectivity index is 2.24. The standard InChI is InChI=1S/C15H21BrN2O/c1-3-9-18(13-7-5-6-8-13)15(19)14-10-12(16)11-17(14)4-2/h3,10-11,13H,1,4-9H2,2H3. The molecular weight excluding hydrogens is 304 g/mol. The van der Waals surface area contributed by atoms with E-state index in [-0.39, 0.29) is 5.91 Å². The van der Waals surface area contributed by atoms with E-state index in [1.54, 1.807) is 0 Å². The maximum absolute atomic E-state index is 12.8. The average Bonchev–Trinajstić information content (AvgIpc) is 3.04. The van der Waals surface area contributed by atoms with Crippen molar-refractivity contribution in [1.82, 2.24) is 9.47 Å². The van der Waals surface area contributed by atoms with Gasteiger partial charge in [-0.05, 0) is 41.8 Å². The number of rotatable bonds is 5. The Morgan fingerprint density at radius 1 is 1.58 bits per heavy atom. The molecule has 104 valence electrons. The minimum absolute atomic E-state index is 0.124. The molecule has 3 nitrogen and oxygen atoms in total. The zero-order valence-electron chi connectivity index (χ0n) is 11.4. The molecule has 1 saturated carbocycles. The minimum Gasteiger partial charge on any atom is -0.343 e. The van der Waals surface area contributed by atoms with Gasteiger partial charge >= 0.3 is 0 Å². The van der Waals surface area contributed by atoms with E-state index in [1.165, 1.54) is 12.8 Å². The third-order valence-corrected chi connectivity index (χ3v) is 4.21. The molecule has 4 heteroatoms. The van der Waals surface area contributed by atoms with Crippen LogP contribution in [0.25, 0.3) is 0 Å². The summed E-state index contributed by atoms with van der Waals surface area (Å²) in [5, 5.41) is 0. The van der Waals surface area contributed by atoms with Crippen LogP contribution in [0.15, 0.2) is 29.4 Å². The molecule has 1 aromatic rings. The summed E-state index contributed by atoms with van der Waals surface area (Å²) in [6.07, 6.45) is 8.48. The first kappa shape index (κ1) is 14.4. The van der Waals surface area contributed by atoms with E-state index >= 15 is 0 Å². The molecule has 0 radical (unpaired) electrons.